The third kappa shape index (κ3) is 9.23. The summed E-state index contributed by atoms with van der Waals surface area (Å²) in [6.07, 6.45) is 0. The van der Waals surface area contributed by atoms with Gasteiger partial charge in [-0.05, 0) is 0 Å². The van der Waals surface area contributed by atoms with Gasteiger partial charge in [-0.2, -0.15) is 0 Å². The van der Waals surface area contributed by atoms with Gasteiger partial charge in [0.25, 0.3) is 0 Å². The van der Waals surface area contributed by atoms with Gasteiger partial charge < -0.3 is 0 Å². The predicted octanol–water partition coefficient (Wildman–Crippen LogP) is -0.00500. The Morgan fingerprint density at radius 3 is 1.00 bits per heavy atom. The molecule has 0 saturated carbocycles. The first-order valence-electron chi connectivity index (χ1n) is 0. The first kappa shape index (κ1) is 25.1. The molecule has 4 heteroatoms. The van der Waals surface area contributed by atoms with Gasteiger partial charge in [0, 0.05) is 116 Å². The van der Waals surface area contributed by atoms with E-state index in [1.807, 2.05) is 0 Å². The molecule has 0 aliphatic heterocycles. The fourth-order valence-corrected chi connectivity index (χ4v) is 0. The third-order valence-electron chi connectivity index (χ3n) is 0. The molecule has 0 unspecified atom stereocenters. The molecular weight excluding hydrogens is 401 g/mol. The maximum absolute atomic E-state index is 0. The second kappa shape index (κ2) is 15.9. The monoisotopic (exact) mass is 403 g/mol. The Morgan fingerprint density at radius 2 is 1.00 bits per heavy atom. The van der Waals surface area contributed by atoms with Gasteiger partial charge in [-0.25, -0.2) is 0 Å². The summed E-state index contributed by atoms with van der Waals surface area (Å²) in [5, 5.41) is 0. The van der Waals surface area contributed by atoms with E-state index in [9.17, 15) is 0 Å². The van der Waals surface area contributed by atoms with Crippen molar-refractivity contribution in [1.29, 1.82) is 0 Å². The summed E-state index contributed by atoms with van der Waals surface area (Å²) in [5.41, 5.74) is 0. The molecule has 0 spiro atoms. The van der Waals surface area contributed by atoms with E-state index in [-0.39, 0.29) is 116 Å². The summed E-state index contributed by atoms with van der Waals surface area (Å²) in [4.78, 5) is 0. The van der Waals surface area contributed by atoms with E-state index in [0.29, 0.717) is 0 Å². The zero-order valence-electron chi connectivity index (χ0n) is 1.64. The Hall–Kier alpha value is 3.75. The van der Waals surface area contributed by atoms with Crippen molar-refractivity contribution in [1.82, 2.24) is 0 Å². The second-order valence-electron chi connectivity index (χ2n) is 0. The number of hydrogen-bond acceptors (Lipinski definition) is 0. The molecule has 0 fully saturated rings. The van der Waals surface area contributed by atoms with Gasteiger partial charge >= 0.3 is 0 Å². The van der Waals surface area contributed by atoms with Crippen LogP contribution in [0.25, 0.3) is 0 Å². The van der Waals surface area contributed by atoms with Crippen LogP contribution in [-0.4, -0.2) is 0 Å². The van der Waals surface area contributed by atoms with E-state index in [2.05, 4.69) is 0 Å². The maximum Gasteiger partial charge on any atom is 0 e. The van der Waals surface area contributed by atoms with Gasteiger partial charge in [0.05, 0.1) is 0 Å². The first-order chi connectivity index (χ1) is 0. The molecular formula is CeFeMnSm. The minimum absolute atomic E-state index is 0. The van der Waals surface area contributed by atoms with E-state index in [1.165, 1.54) is 0 Å². The molecule has 0 aromatic carbocycles. The van der Waals surface area contributed by atoms with Crippen molar-refractivity contribution in [2.45, 2.75) is 0 Å². The molecule has 0 aromatic heterocycles. The van der Waals surface area contributed by atoms with Gasteiger partial charge in [-0.15, -0.1) is 0 Å². The molecule has 0 heterocycles. The second-order valence-corrected chi connectivity index (χ2v) is 0. The molecule has 25 valence electrons. The average molecular weight is 401 g/mol. The van der Waals surface area contributed by atoms with Crippen molar-refractivity contribution in [2.75, 3.05) is 0 Å². The molecule has 0 nitrogen and oxygen atoms in total. The van der Waals surface area contributed by atoms with Gasteiger partial charge in [0.2, 0.25) is 0 Å². The van der Waals surface area contributed by atoms with Crippen LogP contribution in [0.5, 0.6) is 0 Å². The van der Waals surface area contributed by atoms with Crippen molar-refractivity contribution in [3.63, 3.8) is 0 Å². The maximum atomic E-state index is 0. The molecule has 0 aliphatic rings. The first-order valence-corrected chi connectivity index (χ1v) is 0. The van der Waals surface area contributed by atoms with Crippen LogP contribution in [0.3, 0.4) is 0 Å². The van der Waals surface area contributed by atoms with E-state index in [4.69, 9.17) is 0 Å². The van der Waals surface area contributed by atoms with E-state index >= 15 is 0 Å². The zero-order chi connectivity index (χ0) is 0. The van der Waals surface area contributed by atoms with Crippen molar-refractivity contribution in [3.05, 3.63) is 0 Å². The van der Waals surface area contributed by atoms with Crippen molar-refractivity contribution >= 4 is 0 Å². The van der Waals surface area contributed by atoms with Crippen LogP contribution in [0.15, 0.2) is 0 Å². The fraction of sp³-hybridized carbons (Fsp3) is 0. The van der Waals surface area contributed by atoms with Crippen LogP contribution in [0.4, 0.5) is 0 Å². The Kier molecular flexibility index (Phi) is 99.6. The minimum Gasteiger partial charge on any atom is 0 e. The summed E-state index contributed by atoms with van der Waals surface area (Å²) >= 11 is 0. The quantitative estimate of drug-likeness (QED) is 0.502. The summed E-state index contributed by atoms with van der Waals surface area (Å²) in [7, 11) is 0. The SMILES string of the molecule is [Ce].[Fe].[Mn].[Sm]. The van der Waals surface area contributed by atoms with Crippen LogP contribution in [0.2, 0.25) is 0 Å². The van der Waals surface area contributed by atoms with Crippen molar-refractivity contribution in [2.24, 2.45) is 0 Å². The molecule has 4 heavy (non-hydrogen) atoms. The number of hydrogen-bond donors (Lipinski definition) is 0. The third-order valence-corrected chi connectivity index (χ3v) is 0. The van der Waals surface area contributed by atoms with Gasteiger partial charge in [-0.3, -0.25) is 0 Å². The normalized spacial score (nSPS) is 0. The molecule has 0 atom stereocenters. The largest absolute Gasteiger partial charge is 0 e. The zero-order valence-corrected chi connectivity index (χ0v) is 9.68. The summed E-state index contributed by atoms with van der Waals surface area (Å²) in [6, 6.07) is 0. The van der Waals surface area contributed by atoms with Crippen LogP contribution in [-0.2, 0) is 34.1 Å². The van der Waals surface area contributed by atoms with Crippen LogP contribution in [0, 0.1) is 82.1 Å². The van der Waals surface area contributed by atoms with Gasteiger partial charge in [-0.1, -0.05) is 0 Å². The molecule has 0 amide bonds. The van der Waals surface area contributed by atoms with E-state index in [1.54, 1.807) is 0 Å². The minimum atomic E-state index is 0. The summed E-state index contributed by atoms with van der Waals surface area (Å²) in [5.74, 6) is 0. The predicted molar refractivity (Wildman–Crippen MR) is 0 cm³/mol. The smallest absolute Gasteiger partial charge is 0 e. The Morgan fingerprint density at radius 1 is 1.00 bits per heavy atom. The van der Waals surface area contributed by atoms with E-state index in [0.717, 1.165) is 0 Å². The standard InChI is InChI=1S/Ce.Fe.Mn.Sm. The van der Waals surface area contributed by atoms with Crippen molar-refractivity contribution < 1.29 is 116 Å². The fourth-order valence-electron chi connectivity index (χ4n) is 0. The average Bonchev–Trinajstić information content (AvgIpc) is 0. The Bertz CT molecular complexity index is 8.00. The van der Waals surface area contributed by atoms with Crippen LogP contribution < -0.4 is 0 Å². The number of rotatable bonds is 0. The summed E-state index contributed by atoms with van der Waals surface area (Å²) < 4.78 is 0. The topological polar surface area (TPSA) is 0 Å². The molecule has 0 aliphatic carbocycles. The van der Waals surface area contributed by atoms with Gasteiger partial charge in [0.15, 0.2) is 0 Å². The molecule has 0 bridgehead atoms. The van der Waals surface area contributed by atoms with Crippen LogP contribution in [0.1, 0.15) is 0 Å². The Balaban J connectivity index is 0. The molecule has 0 rings (SSSR count). The van der Waals surface area contributed by atoms with E-state index < -0.39 is 0 Å². The van der Waals surface area contributed by atoms with Crippen molar-refractivity contribution in [3.8, 4) is 0 Å². The van der Waals surface area contributed by atoms with Gasteiger partial charge in [0.1, 0.15) is 0 Å². The molecule has 0 N–H and O–H groups in total. The molecule has 0 aromatic rings. The molecule has 0 saturated heterocycles. The Labute approximate surface area is 113 Å². The summed E-state index contributed by atoms with van der Waals surface area (Å²) in [6.45, 7) is 0. The molecule has 1 radical (unpaired) electrons. The van der Waals surface area contributed by atoms with Crippen LogP contribution >= 0.6 is 0 Å².